The van der Waals surface area contributed by atoms with E-state index in [1.165, 1.54) is 19.2 Å². The van der Waals surface area contributed by atoms with Crippen molar-refractivity contribution >= 4 is 38.5 Å². The molecule has 0 aliphatic heterocycles. The second kappa shape index (κ2) is 4.59. The molecular formula is C8H5BrClNO4. The van der Waals surface area contributed by atoms with Crippen molar-refractivity contribution in [2.75, 3.05) is 7.11 Å². The van der Waals surface area contributed by atoms with Crippen molar-refractivity contribution in [1.29, 1.82) is 0 Å². The number of benzene rings is 1. The highest BCUT2D eigenvalue weighted by atomic mass is 79.9. The summed E-state index contributed by atoms with van der Waals surface area (Å²) in [6, 6.07) is 2.84. The number of nitro benzene ring substituents is 1. The van der Waals surface area contributed by atoms with E-state index in [1.807, 2.05) is 0 Å². The fourth-order valence-corrected chi connectivity index (χ4v) is 1.74. The maximum absolute atomic E-state index is 11.1. The standard InChI is InChI=1S/C8H5BrClNO4/c1-15-5-3-2-4(9)7(11(13)14)6(5)8(10)12/h2-3H,1H3. The van der Waals surface area contributed by atoms with Gasteiger partial charge in [-0.05, 0) is 39.7 Å². The molecule has 0 N–H and O–H groups in total. The third kappa shape index (κ3) is 2.27. The van der Waals surface area contributed by atoms with Crippen LogP contribution in [0.15, 0.2) is 16.6 Å². The van der Waals surface area contributed by atoms with E-state index in [4.69, 9.17) is 16.3 Å². The normalized spacial score (nSPS) is 9.80. The molecule has 7 heteroatoms. The molecule has 0 saturated carbocycles. The molecule has 15 heavy (non-hydrogen) atoms. The third-order valence-corrected chi connectivity index (χ3v) is 2.52. The molecule has 0 radical (unpaired) electrons. The second-order valence-electron chi connectivity index (χ2n) is 2.50. The SMILES string of the molecule is COc1ccc(Br)c([N+](=O)[O-])c1C(=O)Cl. The summed E-state index contributed by atoms with van der Waals surface area (Å²) in [6.07, 6.45) is 0. The van der Waals surface area contributed by atoms with Crippen LogP contribution >= 0.6 is 27.5 Å². The van der Waals surface area contributed by atoms with Crippen LogP contribution in [0.1, 0.15) is 10.4 Å². The molecule has 0 fully saturated rings. The molecule has 0 saturated heterocycles. The Morgan fingerprint density at radius 3 is 2.60 bits per heavy atom. The lowest BCUT2D eigenvalue weighted by Gasteiger charge is -2.06. The first-order valence-corrected chi connectivity index (χ1v) is 4.86. The van der Waals surface area contributed by atoms with Gasteiger partial charge in [0.25, 0.3) is 10.9 Å². The maximum Gasteiger partial charge on any atom is 0.299 e. The molecule has 1 aromatic carbocycles. The van der Waals surface area contributed by atoms with Gasteiger partial charge in [0.2, 0.25) is 0 Å². The smallest absolute Gasteiger partial charge is 0.299 e. The summed E-state index contributed by atoms with van der Waals surface area (Å²) in [6.45, 7) is 0. The van der Waals surface area contributed by atoms with Gasteiger partial charge < -0.3 is 4.74 Å². The lowest BCUT2D eigenvalue weighted by atomic mass is 10.2. The number of rotatable bonds is 3. The summed E-state index contributed by atoms with van der Waals surface area (Å²) in [5.41, 5.74) is -0.645. The van der Waals surface area contributed by atoms with Crippen LogP contribution in [0.5, 0.6) is 5.75 Å². The lowest BCUT2D eigenvalue weighted by molar-refractivity contribution is -0.385. The quantitative estimate of drug-likeness (QED) is 0.488. The fraction of sp³-hybridized carbons (Fsp3) is 0.125. The molecule has 80 valence electrons. The number of ether oxygens (including phenoxy) is 1. The molecule has 1 rings (SSSR count). The first kappa shape index (κ1) is 11.9. The van der Waals surface area contributed by atoms with Crippen LogP contribution in [0, 0.1) is 10.1 Å². The van der Waals surface area contributed by atoms with Crippen LogP contribution in [0.3, 0.4) is 0 Å². The highest BCUT2D eigenvalue weighted by Crippen LogP contribution is 2.36. The minimum atomic E-state index is -0.931. The van der Waals surface area contributed by atoms with Crippen molar-refractivity contribution in [3.63, 3.8) is 0 Å². The molecule has 0 amide bonds. The van der Waals surface area contributed by atoms with Gasteiger partial charge in [-0.15, -0.1) is 0 Å². The molecule has 0 heterocycles. The zero-order chi connectivity index (χ0) is 11.6. The molecule has 0 aliphatic rings. The van der Waals surface area contributed by atoms with Crippen LogP contribution < -0.4 is 4.74 Å². The fourth-order valence-electron chi connectivity index (χ4n) is 1.09. The lowest BCUT2D eigenvalue weighted by Crippen LogP contribution is -2.02. The Balaban J connectivity index is 3.58. The number of nitro groups is 1. The van der Waals surface area contributed by atoms with Crippen LogP contribution in [0.4, 0.5) is 5.69 Å². The van der Waals surface area contributed by atoms with Crippen LogP contribution in [0.25, 0.3) is 0 Å². The highest BCUT2D eigenvalue weighted by molar-refractivity contribution is 9.10. The molecule has 5 nitrogen and oxygen atoms in total. The van der Waals surface area contributed by atoms with E-state index in [0.717, 1.165) is 0 Å². The molecule has 0 aromatic heterocycles. The van der Waals surface area contributed by atoms with Gasteiger partial charge in [0, 0.05) is 0 Å². The monoisotopic (exact) mass is 293 g/mol. The molecule has 0 bridgehead atoms. The van der Waals surface area contributed by atoms with Crippen molar-refractivity contribution in [1.82, 2.24) is 0 Å². The summed E-state index contributed by atoms with van der Waals surface area (Å²) in [7, 11) is 1.30. The second-order valence-corrected chi connectivity index (χ2v) is 3.70. The number of methoxy groups -OCH3 is 1. The Hall–Kier alpha value is -1.14. The van der Waals surface area contributed by atoms with Gasteiger partial charge in [-0.1, -0.05) is 0 Å². The van der Waals surface area contributed by atoms with Crippen LogP contribution in [-0.2, 0) is 0 Å². The third-order valence-electron chi connectivity index (χ3n) is 1.69. The highest BCUT2D eigenvalue weighted by Gasteiger charge is 2.26. The summed E-state index contributed by atoms with van der Waals surface area (Å²) < 4.78 is 5.00. The minimum Gasteiger partial charge on any atom is -0.496 e. The molecule has 1 aromatic rings. The van der Waals surface area contributed by atoms with E-state index >= 15 is 0 Å². The van der Waals surface area contributed by atoms with Gasteiger partial charge in [0.1, 0.15) is 5.75 Å². The van der Waals surface area contributed by atoms with Crippen LogP contribution in [0.2, 0.25) is 0 Å². The van der Waals surface area contributed by atoms with E-state index in [9.17, 15) is 14.9 Å². The van der Waals surface area contributed by atoms with Crippen LogP contribution in [-0.4, -0.2) is 17.3 Å². The van der Waals surface area contributed by atoms with Gasteiger partial charge in [0.05, 0.1) is 16.5 Å². The van der Waals surface area contributed by atoms with Crippen molar-refractivity contribution in [2.24, 2.45) is 0 Å². The van der Waals surface area contributed by atoms with E-state index in [0.29, 0.717) is 0 Å². The molecule has 0 atom stereocenters. The van der Waals surface area contributed by atoms with Gasteiger partial charge in [0.15, 0.2) is 5.56 Å². The molecule has 0 unspecified atom stereocenters. The maximum atomic E-state index is 11.1. The Morgan fingerprint density at radius 1 is 1.60 bits per heavy atom. The van der Waals surface area contributed by atoms with Gasteiger partial charge >= 0.3 is 0 Å². The van der Waals surface area contributed by atoms with E-state index in [1.54, 1.807) is 0 Å². The molecular weight excluding hydrogens is 289 g/mol. The van der Waals surface area contributed by atoms with Gasteiger partial charge in [-0.3, -0.25) is 14.9 Å². The van der Waals surface area contributed by atoms with Crippen molar-refractivity contribution in [3.8, 4) is 5.75 Å². The Morgan fingerprint density at radius 2 is 2.20 bits per heavy atom. The number of hydrogen-bond acceptors (Lipinski definition) is 4. The predicted octanol–water partition coefficient (Wildman–Crippen LogP) is 2.74. The number of halogens is 2. The first-order chi connectivity index (χ1) is 6.99. The number of carbonyl (C=O) groups excluding carboxylic acids is 1. The van der Waals surface area contributed by atoms with Crippen molar-refractivity contribution in [3.05, 3.63) is 32.3 Å². The van der Waals surface area contributed by atoms with Crippen molar-refractivity contribution < 1.29 is 14.5 Å². The molecule has 0 aliphatic carbocycles. The Kier molecular flexibility index (Phi) is 3.65. The number of nitrogens with zero attached hydrogens (tertiary/aromatic N) is 1. The van der Waals surface area contributed by atoms with Crippen molar-refractivity contribution in [2.45, 2.75) is 0 Å². The minimum absolute atomic E-state index is 0.0740. The Bertz CT molecular complexity index is 435. The summed E-state index contributed by atoms with van der Waals surface area (Å²) in [4.78, 5) is 21.1. The zero-order valence-corrected chi connectivity index (χ0v) is 9.83. The average molecular weight is 294 g/mol. The number of hydrogen-bond donors (Lipinski definition) is 0. The summed E-state index contributed by atoms with van der Waals surface area (Å²) in [5.74, 6) is 0.0740. The average Bonchev–Trinajstić information content (AvgIpc) is 2.16. The predicted molar refractivity (Wildman–Crippen MR) is 57.5 cm³/mol. The number of carbonyl (C=O) groups is 1. The topological polar surface area (TPSA) is 69.4 Å². The summed E-state index contributed by atoms with van der Waals surface area (Å²) in [5, 5.41) is 9.79. The Labute approximate surface area is 98.3 Å². The molecule has 0 spiro atoms. The first-order valence-electron chi connectivity index (χ1n) is 3.69. The van der Waals surface area contributed by atoms with E-state index in [2.05, 4.69) is 15.9 Å². The zero-order valence-electron chi connectivity index (χ0n) is 7.49. The van der Waals surface area contributed by atoms with E-state index in [-0.39, 0.29) is 15.8 Å². The van der Waals surface area contributed by atoms with Gasteiger partial charge in [-0.2, -0.15) is 0 Å². The largest absolute Gasteiger partial charge is 0.496 e. The van der Waals surface area contributed by atoms with E-state index < -0.39 is 15.9 Å². The van der Waals surface area contributed by atoms with Gasteiger partial charge in [-0.25, -0.2) is 0 Å². The summed E-state index contributed by atoms with van der Waals surface area (Å²) >= 11 is 8.24.